The van der Waals surface area contributed by atoms with Crippen molar-refractivity contribution in [3.63, 3.8) is 0 Å². The van der Waals surface area contributed by atoms with Gasteiger partial charge in [-0.2, -0.15) is 5.10 Å². The first-order chi connectivity index (χ1) is 20.3. The summed E-state index contributed by atoms with van der Waals surface area (Å²) in [5.41, 5.74) is 6.45. The molecule has 9 heteroatoms. The molecule has 0 aliphatic rings. The zero-order valence-electron chi connectivity index (χ0n) is 23.2. The Hall–Kier alpha value is -4.33. The molecular formula is C33H31Cl2N3O4. The highest BCUT2D eigenvalue weighted by Crippen LogP contribution is 2.28. The number of amides is 2. The Kier molecular flexibility index (Phi) is 11.0. The molecule has 42 heavy (non-hydrogen) atoms. The average Bonchev–Trinajstić information content (AvgIpc) is 2.98. The fourth-order valence-corrected chi connectivity index (χ4v) is 4.48. The number of nitrogens with one attached hydrogen (secondary N) is 2. The van der Waals surface area contributed by atoms with Crippen LogP contribution in [-0.4, -0.2) is 30.2 Å². The third-order valence-electron chi connectivity index (χ3n) is 6.24. The quantitative estimate of drug-likeness (QED) is 0.142. The van der Waals surface area contributed by atoms with Gasteiger partial charge in [0.15, 0.2) is 6.10 Å². The lowest BCUT2D eigenvalue weighted by Gasteiger charge is -2.21. The number of nitrogens with zero attached hydrogens (tertiary/aromatic N) is 1. The zero-order valence-corrected chi connectivity index (χ0v) is 24.7. The van der Waals surface area contributed by atoms with Crippen LogP contribution in [0.5, 0.6) is 11.5 Å². The molecule has 216 valence electrons. The van der Waals surface area contributed by atoms with Crippen LogP contribution >= 0.6 is 23.2 Å². The molecule has 4 aromatic carbocycles. The lowest BCUT2D eigenvalue weighted by molar-refractivity contribution is -0.132. The van der Waals surface area contributed by atoms with Gasteiger partial charge in [0, 0.05) is 11.4 Å². The van der Waals surface area contributed by atoms with Crippen LogP contribution in [0.15, 0.2) is 102 Å². The van der Waals surface area contributed by atoms with Crippen molar-refractivity contribution < 1.29 is 19.1 Å². The smallest absolute Gasteiger partial charge is 0.262 e. The second-order valence-corrected chi connectivity index (χ2v) is 10.5. The molecule has 2 atom stereocenters. The SMILES string of the molecule is Cc1cccc(COc2ccc(/C=N\NC(=O)[C@@H](Cc3ccccc3)NC(=O)[C@H](C)Oc3ccc(Cl)cc3Cl)cc2)c1. The number of hydrazone groups is 1. The minimum Gasteiger partial charge on any atom is -0.489 e. The zero-order chi connectivity index (χ0) is 29.9. The van der Waals surface area contributed by atoms with Crippen molar-refractivity contribution >= 4 is 41.2 Å². The van der Waals surface area contributed by atoms with Gasteiger partial charge in [0.25, 0.3) is 11.8 Å². The minimum absolute atomic E-state index is 0.259. The predicted molar refractivity (Wildman–Crippen MR) is 166 cm³/mol. The van der Waals surface area contributed by atoms with E-state index in [1.807, 2.05) is 79.7 Å². The number of halogens is 2. The van der Waals surface area contributed by atoms with E-state index in [1.54, 1.807) is 19.1 Å². The third-order valence-corrected chi connectivity index (χ3v) is 6.77. The number of carbonyl (C=O) groups excluding carboxylic acids is 2. The lowest BCUT2D eigenvalue weighted by atomic mass is 10.1. The van der Waals surface area contributed by atoms with E-state index in [2.05, 4.69) is 21.9 Å². The predicted octanol–water partition coefficient (Wildman–Crippen LogP) is 6.53. The van der Waals surface area contributed by atoms with Gasteiger partial charge in [0.05, 0.1) is 11.2 Å². The van der Waals surface area contributed by atoms with Gasteiger partial charge in [-0.1, -0.05) is 83.4 Å². The Balaban J connectivity index is 1.35. The molecular weight excluding hydrogens is 573 g/mol. The van der Waals surface area contributed by atoms with Gasteiger partial charge < -0.3 is 14.8 Å². The van der Waals surface area contributed by atoms with Crippen LogP contribution in [0.1, 0.15) is 29.2 Å². The standard InChI is InChI=1S/C33H31Cl2N3O4/c1-22-7-6-10-26(17-22)21-41-28-14-11-25(12-15-28)20-36-38-33(40)30(18-24-8-4-3-5-9-24)37-32(39)23(2)42-31-16-13-27(34)19-29(31)35/h3-17,19-20,23,30H,18,21H2,1-2H3,(H,37,39)(H,38,40)/b36-20-/t23-,30+/m0/s1. The van der Waals surface area contributed by atoms with Crippen molar-refractivity contribution in [3.05, 3.63) is 129 Å². The molecule has 0 bridgehead atoms. The lowest BCUT2D eigenvalue weighted by Crippen LogP contribution is -2.50. The number of hydrogen-bond donors (Lipinski definition) is 2. The second kappa shape index (κ2) is 15.1. The van der Waals surface area contributed by atoms with Crippen LogP contribution in [0.25, 0.3) is 0 Å². The molecule has 2 amide bonds. The first kappa shape index (κ1) is 30.6. The highest BCUT2D eigenvalue weighted by molar-refractivity contribution is 6.35. The summed E-state index contributed by atoms with van der Waals surface area (Å²) in [7, 11) is 0. The summed E-state index contributed by atoms with van der Waals surface area (Å²) >= 11 is 12.1. The highest BCUT2D eigenvalue weighted by atomic mass is 35.5. The monoisotopic (exact) mass is 603 g/mol. The van der Waals surface area contributed by atoms with E-state index in [0.717, 1.165) is 22.4 Å². The van der Waals surface area contributed by atoms with E-state index in [0.29, 0.717) is 17.4 Å². The topological polar surface area (TPSA) is 89.0 Å². The van der Waals surface area contributed by atoms with Gasteiger partial charge in [0.2, 0.25) is 0 Å². The molecule has 0 spiro atoms. The molecule has 0 saturated heterocycles. The van der Waals surface area contributed by atoms with Crippen LogP contribution in [0, 0.1) is 6.92 Å². The summed E-state index contributed by atoms with van der Waals surface area (Å²) in [6.45, 7) is 4.09. The van der Waals surface area contributed by atoms with Gasteiger partial charge in [0.1, 0.15) is 24.1 Å². The Morgan fingerprint density at radius 2 is 1.62 bits per heavy atom. The van der Waals surface area contributed by atoms with E-state index < -0.39 is 24.0 Å². The summed E-state index contributed by atoms with van der Waals surface area (Å²) < 4.78 is 11.6. The Morgan fingerprint density at radius 3 is 2.33 bits per heavy atom. The molecule has 0 aromatic heterocycles. The summed E-state index contributed by atoms with van der Waals surface area (Å²) in [5.74, 6) is 0.0733. The van der Waals surface area contributed by atoms with Crippen molar-refractivity contribution in [1.29, 1.82) is 0 Å². The van der Waals surface area contributed by atoms with Crippen LogP contribution < -0.4 is 20.2 Å². The molecule has 0 unspecified atom stereocenters. The maximum absolute atomic E-state index is 13.1. The molecule has 0 radical (unpaired) electrons. The van der Waals surface area contributed by atoms with Gasteiger partial charge in [-0.05, 0) is 73.0 Å². The van der Waals surface area contributed by atoms with Gasteiger partial charge in [-0.15, -0.1) is 0 Å². The summed E-state index contributed by atoms with van der Waals surface area (Å²) in [4.78, 5) is 26.1. The summed E-state index contributed by atoms with van der Waals surface area (Å²) in [6, 6.07) is 28.7. The Labute approximate surface area is 255 Å². The van der Waals surface area contributed by atoms with E-state index in [-0.39, 0.29) is 11.4 Å². The van der Waals surface area contributed by atoms with E-state index in [9.17, 15) is 9.59 Å². The number of aryl methyl sites for hydroxylation is 1. The number of benzene rings is 4. The summed E-state index contributed by atoms with van der Waals surface area (Å²) in [5, 5.41) is 7.60. The molecule has 0 aliphatic carbocycles. The molecule has 7 nitrogen and oxygen atoms in total. The number of ether oxygens (including phenoxy) is 2. The minimum atomic E-state index is -0.926. The number of carbonyl (C=O) groups is 2. The maximum Gasteiger partial charge on any atom is 0.262 e. The molecule has 0 saturated carbocycles. The fraction of sp³-hybridized carbons (Fsp3) is 0.182. The van der Waals surface area contributed by atoms with E-state index in [1.165, 1.54) is 17.8 Å². The Bertz CT molecular complexity index is 1530. The van der Waals surface area contributed by atoms with Gasteiger partial charge in [-0.25, -0.2) is 5.43 Å². The largest absolute Gasteiger partial charge is 0.489 e. The summed E-state index contributed by atoms with van der Waals surface area (Å²) in [6.07, 6.45) is 0.859. The average molecular weight is 605 g/mol. The second-order valence-electron chi connectivity index (χ2n) is 9.67. The van der Waals surface area contributed by atoms with E-state index >= 15 is 0 Å². The molecule has 2 N–H and O–H groups in total. The third kappa shape index (κ3) is 9.36. The fourth-order valence-electron chi connectivity index (χ4n) is 4.03. The van der Waals surface area contributed by atoms with Crippen molar-refractivity contribution in [2.45, 2.75) is 39.0 Å². The van der Waals surface area contributed by atoms with Crippen LogP contribution in [0.4, 0.5) is 0 Å². The first-order valence-electron chi connectivity index (χ1n) is 13.3. The van der Waals surface area contributed by atoms with Crippen LogP contribution in [0.3, 0.4) is 0 Å². The maximum atomic E-state index is 13.1. The number of rotatable bonds is 12. The molecule has 0 heterocycles. The molecule has 4 rings (SSSR count). The van der Waals surface area contributed by atoms with Crippen LogP contribution in [0.2, 0.25) is 10.0 Å². The molecule has 0 fully saturated rings. The van der Waals surface area contributed by atoms with Crippen molar-refractivity contribution in [1.82, 2.24) is 10.7 Å². The Morgan fingerprint density at radius 1 is 0.881 bits per heavy atom. The highest BCUT2D eigenvalue weighted by Gasteiger charge is 2.25. The van der Waals surface area contributed by atoms with Crippen molar-refractivity contribution in [3.8, 4) is 11.5 Å². The normalized spacial score (nSPS) is 12.4. The molecule has 0 aliphatic heterocycles. The van der Waals surface area contributed by atoms with Gasteiger partial charge >= 0.3 is 0 Å². The van der Waals surface area contributed by atoms with E-state index in [4.69, 9.17) is 32.7 Å². The van der Waals surface area contributed by atoms with Crippen molar-refractivity contribution in [2.24, 2.45) is 5.10 Å². The van der Waals surface area contributed by atoms with Crippen molar-refractivity contribution in [2.75, 3.05) is 0 Å². The number of hydrogen-bond acceptors (Lipinski definition) is 5. The first-order valence-corrected chi connectivity index (χ1v) is 14.1. The molecule has 4 aromatic rings. The van der Waals surface area contributed by atoms with Crippen LogP contribution in [-0.2, 0) is 22.6 Å². The van der Waals surface area contributed by atoms with Gasteiger partial charge in [-0.3, -0.25) is 9.59 Å².